The number of amides is 2. The summed E-state index contributed by atoms with van der Waals surface area (Å²) in [5.41, 5.74) is 1.93. The number of para-hydroxylation sites is 2. The van der Waals surface area contributed by atoms with Crippen LogP contribution in [0.15, 0.2) is 36.4 Å². The van der Waals surface area contributed by atoms with Crippen LogP contribution in [0, 0.1) is 58.2 Å². The third kappa shape index (κ3) is 10.6. The maximum absolute atomic E-state index is 14.0. The zero-order chi connectivity index (χ0) is 55.7. The van der Waals surface area contributed by atoms with Crippen molar-refractivity contribution in [3.8, 4) is 11.5 Å². The topological polar surface area (TPSA) is 241 Å². The summed E-state index contributed by atoms with van der Waals surface area (Å²) < 4.78 is 23.9. The highest BCUT2D eigenvalue weighted by Crippen LogP contribution is 2.62. The number of rotatable bonds is 16. The Morgan fingerprint density at radius 1 is 0.684 bits per heavy atom. The highest BCUT2D eigenvalue weighted by molar-refractivity contribution is 6.63. The zero-order valence-electron chi connectivity index (χ0n) is 47.4. The van der Waals surface area contributed by atoms with Gasteiger partial charge < -0.3 is 59.9 Å². The second-order valence-corrected chi connectivity index (χ2v) is 25.5. The van der Waals surface area contributed by atoms with Gasteiger partial charge in [-0.15, -0.1) is 0 Å². The quantitative estimate of drug-likeness (QED) is 0.113. The third-order valence-corrected chi connectivity index (χ3v) is 20.2. The van der Waals surface area contributed by atoms with Crippen LogP contribution in [-0.4, -0.2) is 154 Å². The first-order chi connectivity index (χ1) is 35.6. The first-order valence-electron chi connectivity index (χ1n) is 27.7. The van der Waals surface area contributed by atoms with Gasteiger partial charge in [0.05, 0.1) is 63.9 Å². The number of hydroxylamine groups is 4. The van der Waals surface area contributed by atoms with Crippen molar-refractivity contribution in [2.45, 2.75) is 182 Å². The lowest BCUT2D eigenvalue weighted by atomic mass is 9.45. The van der Waals surface area contributed by atoms with Gasteiger partial charge in [0.1, 0.15) is 35.8 Å². The van der Waals surface area contributed by atoms with Crippen LogP contribution in [0.2, 0.25) is 0 Å². The van der Waals surface area contributed by atoms with Crippen molar-refractivity contribution in [1.82, 2.24) is 20.8 Å². The summed E-state index contributed by atoms with van der Waals surface area (Å²) in [7, 11) is 0.705. The van der Waals surface area contributed by atoms with Crippen LogP contribution in [0.3, 0.4) is 0 Å². The van der Waals surface area contributed by atoms with E-state index in [0.717, 1.165) is 23.9 Å². The SMILES string of the molecule is COc1c(CN2O[C@@H](CO)[C@@H]([C@H](C)O)[C@H]2C(=O)N[C@H]2C[C@H]3C[C@@H]([C@@H]2C)C3(C)C)cccc1B(O)O.COc1c(CN2O[C@@H](CO)[C@@H]([C@H](C)O)[C@H]2C(=O)N[C@H]2C[C@H]3C[C@@H]([C@@H]2C)C3(C)C)cccc1B1OC(C)(C)C(C)(C)O1. The Labute approximate surface area is 451 Å². The van der Waals surface area contributed by atoms with Crippen LogP contribution in [0.5, 0.6) is 11.5 Å². The normalized spacial score (nSPS) is 35.4. The molecule has 8 N–H and O–H groups in total. The monoisotopic (exact) mass is 1060 g/mol. The Morgan fingerprint density at radius 2 is 1.09 bits per heavy atom. The number of aliphatic hydroxyl groups is 4. The largest absolute Gasteiger partial charge is 0.498 e. The summed E-state index contributed by atoms with van der Waals surface area (Å²) in [5, 5.41) is 70.6. The Bertz CT molecular complexity index is 2370. The lowest BCUT2D eigenvalue weighted by Crippen LogP contribution is -2.62. The van der Waals surface area contributed by atoms with Crippen molar-refractivity contribution in [3.63, 3.8) is 0 Å². The summed E-state index contributed by atoms with van der Waals surface area (Å²) in [6.07, 6.45) is 1.10. The molecule has 3 heterocycles. The molecule has 6 aliphatic carbocycles. The molecule has 76 heavy (non-hydrogen) atoms. The molecule has 0 radical (unpaired) electrons. The van der Waals surface area contributed by atoms with Gasteiger partial charge in [0, 0.05) is 46.0 Å². The van der Waals surface area contributed by atoms with Gasteiger partial charge in [-0.05, 0) is 114 Å². The van der Waals surface area contributed by atoms with E-state index in [9.17, 15) is 40.1 Å². The average Bonchev–Trinajstić information content (AvgIpc) is 3.99. The van der Waals surface area contributed by atoms with E-state index in [1.54, 1.807) is 44.2 Å². The molecule has 422 valence electrons. The number of hydrogen-bond donors (Lipinski definition) is 8. The Morgan fingerprint density at radius 3 is 1.45 bits per heavy atom. The Balaban J connectivity index is 0.000000204. The van der Waals surface area contributed by atoms with E-state index in [1.807, 2.05) is 45.9 Å². The first-order valence-corrected chi connectivity index (χ1v) is 27.7. The van der Waals surface area contributed by atoms with Crippen molar-refractivity contribution in [3.05, 3.63) is 47.5 Å². The van der Waals surface area contributed by atoms with Gasteiger partial charge in [0.2, 0.25) is 11.8 Å². The highest BCUT2D eigenvalue weighted by atomic mass is 16.7. The molecule has 0 aromatic heterocycles. The van der Waals surface area contributed by atoms with Crippen molar-refractivity contribution in [2.75, 3.05) is 27.4 Å². The molecule has 0 spiro atoms. The van der Waals surface area contributed by atoms with E-state index in [4.69, 9.17) is 28.5 Å². The number of benzene rings is 2. The van der Waals surface area contributed by atoms with E-state index in [0.29, 0.717) is 57.7 Å². The minimum Gasteiger partial charge on any atom is -0.497 e. The molecule has 2 aromatic carbocycles. The van der Waals surface area contributed by atoms with Crippen LogP contribution >= 0.6 is 0 Å². The molecular formula is C56H88B2N4O14. The number of carbonyl (C=O) groups is 2. The van der Waals surface area contributed by atoms with Crippen LogP contribution in [-0.2, 0) is 41.7 Å². The van der Waals surface area contributed by atoms with Crippen LogP contribution in [0.25, 0.3) is 0 Å². The summed E-state index contributed by atoms with van der Waals surface area (Å²) in [5.74, 6) is 2.28. The van der Waals surface area contributed by atoms with Crippen LogP contribution in [0.4, 0.5) is 0 Å². The fraction of sp³-hybridized carbons (Fsp3) is 0.750. The van der Waals surface area contributed by atoms with Gasteiger partial charge in [-0.2, -0.15) is 10.1 Å². The van der Waals surface area contributed by atoms with Crippen molar-refractivity contribution in [2.24, 2.45) is 58.2 Å². The lowest BCUT2D eigenvalue weighted by Gasteiger charge is -2.62. The predicted molar refractivity (Wildman–Crippen MR) is 287 cm³/mol. The predicted octanol–water partition coefficient (Wildman–Crippen LogP) is 2.69. The number of carbonyl (C=O) groups excluding carboxylic acids is 2. The van der Waals surface area contributed by atoms with Gasteiger partial charge in [-0.3, -0.25) is 19.3 Å². The van der Waals surface area contributed by atoms with E-state index in [1.165, 1.54) is 25.0 Å². The molecule has 6 saturated carbocycles. The molecule has 9 aliphatic rings. The van der Waals surface area contributed by atoms with Gasteiger partial charge >= 0.3 is 14.2 Å². The smallest absolute Gasteiger partial charge is 0.497 e. The Kier molecular flexibility index (Phi) is 17.2. The van der Waals surface area contributed by atoms with Gasteiger partial charge in [0.15, 0.2) is 0 Å². The molecule has 4 bridgehead atoms. The van der Waals surface area contributed by atoms with Gasteiger partial charge in [-0.1, -0.05) is 77.9 Å². The van der Waals surface area contributed by atoms with Crippen LogP contribution in [0.1, 0.15) is 120 Å². The number of nitrogens with zero attached hydrogens (tertiary/aromatic N) is 2. The molecule has 3 aliphatic heterocycles. The number of aliphatic hydroxyl groups excluding tert-OH is 4. The summed E-state index contributed by atoms with van der Waals surface area (Å²) in [6.45, 7) is 24.7. The van der Waals surface area contributed by atoms with E-state index >= 15 is 0 Å². The molecule has 11 rings (SSSR count). The molecule has 18 nitrogen and oxygen atoms in total. The third-order valence-electron chi connectivity index (χ3n) is 20.2. The molecule has 2 amide bonds. The van der Waals surface area contributed by atoms with E-state index in [-0.39, 0.29) is 61.4 Å². The lowest BCUT2D eigenvalue weighted by molar-refractivity contribution is -0.183. The first kappa shape index (κ1) is 58.8. The standard InChI is InChI=1S/C31H49BN2O7.C25H39BN2O7/c1-17-21-13-20(29(21,3)4)14-23(17)33-28(37)26-25(18(2)36)24(16-35)39-34(26)15-19-11-10-12-22(27(19)38-9)32-40-30(5,6)31(7,8)41-32;1-13-17-9-16(25(17,3)4)10-19(13)27-24(31)22-21(14(2)30)20(12-29)35-28(22)11-15-7-6-8-18(26(32)33)23(15)34-5/h10-12,17-18,20-21,23-26,35-36H,13-16H2,1-9H3,(H,33,37);6-8,13-14,16-17,19-22,29-30,32-33H,9-12H2,1-5H3,(H,27,31)/t17-,18-,20+,21-,23-,24-,25+,26-;13-,14-,16+,17-,19-,20-,21+,22-/m00/s1. The summed E-state index contributed by atoms with van der Waals surface area (Å²) in [6, 6.07) is 9.24. The molecule has 16 atom stereocenters. The maximum Gasteiger partial charge on any atom is 0.498 e. The van der Waals surface area contributed by atoms with Crippen molar-refractivity contribution >= 4 is 37.0 Å². The van der Waals surface area contributed by atoms with Gasteiger partial charge in [-0.25, -0.2) is 0 Å². The zero-order valence-corrected chi connectivity index (χ0v) is 47.4. The fourth-order valence-electron chi connectivity index (χ4n) is 14.6. The molecule has 20 heteroatoms. The second-order valence-electron chi connectivity index (χ2n) is 25.5. The summed E-state index contributed by atoms with van der Waals surface area (Å²) >= 11 is 0. The van der Waals surface area contributed by atoms with E-state index < -0.39 is 73.8 Å². The maximum atomic E-state index is 14.0. The molecule has 9 fully saturated rings. The number of fused-ring (bicyclic) bond motifs is 4. The minimum atomic E-state index is -1.72. The molecule has 2 aromatic rings. The average molecular weight is 1060 g/mol. The number of ether oxygens (including phenoxy) is 2. The number of methoxy groups -OCH3 is 2. The fourth-order valence-corrected chi connectivity index (χ4v) is 14.6. The highest BCUT2D eigenvalue weighted by Gasteiger charge is 2.60. The van der Waals surface area contributed by atoms with Crippen LogP contribution < -0.4 is 31.0 Å². The van der Waals surface area contributed by atoms with Crippen molar-refractivity contribution in [1.29, 1.82) is 0 Å². The molecular weight excluding hydrogens is 974 g/mol. The van der Waals surface area contributed by atoms with Crippen molar-refractivity contribution < 1.29 is 68.5 Å². The number of nitrogens with one attached hydrogen (secondary N) is 2. The number of hydrogen-bond acceptors (Lipinski definition) is 16. The van der Waals surface area contributed by atoms with E-state index in [2.05, 4.69) is 52.2 Å². The Hall–Kier alpha value is -3.37. The second kappa shape index (κ2) is 22.3. The minimum absolute atomic E-state index is 0.0475. The molecule has 3 saturated heterocycles. The van der Waals surface area contributed by atoms with Gasteiger partial charge in [0.25, 0.3) is 0 Å². The molecule has 0 unspecified atom stereocenters. The summed E-state index contributed by atoms with van der Waals surface area (Å²) in [4.78, 5) is 39.9.